The van der Waals surface area contributed by atoms with E-state index in [0.717, 1.165) is 26.1 Å². The molecule has 0 saturated carbocycles. The number of ether oxygens (including phenoxy) is 1. The van der Waals surface area contributed by atoms with Crippen LogP contribution < -0.4 is 5.32 Å². The molecule has 2 aliphatic rings. The van der Waals surface area contributed by atoms with Crippen molar-refractivity contribution in [2.45, 2.75) is 12.5 Å². The molecule has 2 unspecified atom stereocenters. The zero-order chi connectivity index (χ0) is 8.55. The summed E-state index contributed by atoms with van der Waals surface area (Å²) in [6.45, 7) is 2.80. The maximum absolute atomic E-state index is 11.0. The number of nitrogens with one attached hydrogen (secondary N) is 1. The maximum atomic E-state index is 11.0. The highest BCUT2D eigenvalue weighted by Crippen LogP contribution is 2.21. The summed E-state index contributed by atoms with van der Waals surface area (Å²) < 4.78 is 5.20. The summed E-state index contributed by atoms with van der Waals surface area (Å²) in [5.41, 5.74) is 0. The Morgan fingerprint density at radius 2 is 2.50 bits per heavy atom. The maximum Gasteiger partial charge on any atom is 0.409 e. The predicted octanol–water partition coefficient (Wildman–Crippen LogP) is 0.0465. The molecular formula is C8H14N2O2. The van der Waals surface area contributed by atoms with Crippen molar-refractivity contribution in [3.8, 4) is 0 Å². The van der Waals surface area contributed by atoms with Gasteiger partial charge in [-0.2, -0.15) is 0 Å². The summed E-state index contributed by atoms with van der Waals surface area (Å²) in [4.78, 5) is 12.7. The van der Waals surface area contributed by atoms with Gasteiger partial charge in [0.25, 0.3) is 0 Å². The van der Waals surface area contributed by atoms with E-state index >= 15 is 0 Å². The van der Waals surface area contributed by atoms with E-state index in [9.17, 15) is 4.79 Å². The first-order chi connectivity index (χ1) is 5.77. The van der Waals surface area contributed by atoms with Gasteiger partial charge in [0, 0.05) is 19.5 Å². The van der Waals surface area contributed by atoms with Gasteiger partial charge in [-0.25, -0.2) is 4.79 Å². The zero-order valence-corrected chi connectivity index (χ0v) is 7.25. The van der Waals surface area contributed by atoms with Crippen molar-refractivity contribution in [2.75, 3.05) is 26.7 Å². The highest BCUT2D eigenvalue weighted by atomic mass is 16.6. The number of cyclic esters (lactones) is 1. The van der Waals surface area contributed by atoms with Crippen LogP contribution in [0.1, 0.15) is 6.42 Å². The van der Waals surface area contributed by atoms with Crippen molar-refractivity contribution in [1.29, 1.82) is 0 Å². The van der Waals surface area contributed by atoms with Gasteiger partial charge in [-0.3, -0.25) is 0 Å². The first-order valence-corrected chi connectivity index (χ1v) is 4.40. The Balaban J connectivity index is 1.93. The third-order valence-corrected chi connectivity index (χ3v) is 2.64. The van der Waals surface area contributed by atoms with Gasteiger partial charge in [0.1, 0.15) is 6.10 Å². The van der Waals surface area contributed by atoms with Crippen LogP contribution in [0.5, 0.6) is 0 Å². The molecule has 2 rings (SSSR count). The van der Waals surface area contributed by atoms with Gasteiger partial charge in [-0.1, -0.05) is 0 Å². The average molecular weight is 170 g/mol. The molecule has 12 heavy (non-hydrogen) atoms. The summed E-state index contributed by atoms with van der Waals surface area (Å²) in [6, 6.07) is 0. The van der Waals surface area contributed by atoms with Gasteiger partial charge in [0.15, 0.2) is 0 Å². The SMILES string of the molecule is CN1CC(C2CCNC2)OC1=O. The molecule has 0 aliphatic carbocycles. The Kier molecular flexibility index (Phi) is 1.92. The van der Waals surface area contributed by atoms with Gasteiger partial charge in [0.05, 0.1) is 6.54 Å². The minimum absolute atomic E-state index is 0.123. The van der Waals surface area contributed by atoms with Crippen LogP contribution in [0.2, 0.25) is 0 Å². The van der Waals surface area contributed by atoms with Gasteiger partial charge >= 0.3 is 6.09 Å². The second kappa shape index (κ2) is 2.94. The molecule has 0 aromatic rings. The lowest BCUT2D eigenvalue weighted by molar-refractivity contribution is 0.108. The van der Waals surface area contributed by atoms with E-state index in [1.807, 2.05) is 0 Å². The first-order valence-electron chi connectivity index (χ1n) is 4.40. The molecule has 2 aliphatic heterocycles. The van der Waals surface area contributed by atoms with Crippen LogP contribution in [0.3, 0.4) is 0 Å². The number of hydrogen-bond donors (Lipinski definition) is 1. The largest absolute Gasteiger partial charge is 0.444 e. The summed E-state index contributed by atoms with van der Waals surface area (Å²) in [7, 11) is 1.78. The van der Waals surface area contributed by atoms with E-state index in [4.69, 9.17) is 4.74 Å². The van der Waals surface area contributed by atoms with Crippen LogP contribution in [-0.2, 0) is 4.74 Å². The number of rotatable bonds is 1. The van der Waals surface area contributed by atoms with Crippen molar-refractivity contribution in [1.82, 2.24) is 10.2 Å². The lowest BCUT2D eigenvalue weighted by Gasteiger charge is -2.14. The lowest BCUT2D eigenvalue weighted by atomic mass is 10.0. The van der Waals surface area contributed by atoms with Crippen molar-refractivity contribution in [3.05, 3.63) is 0 Å². The normalized spacial score (nSPS) is 35.8. The molecule has 2 fully saturated rings. The molecule has 0 spiro atoms. The zero-order valence-electron chi connectivity index (χ0n) is 7.25. The van der Waals surface area contributed by atoms with Crippen LogP contribution in [-0.4, -0.2) is 43.8 Å². The lowest BCUT2D eigenvalue weighted by Crippen LogP contribution is -2.26. The van der Waals surface area contributed by atoms with Crippen LogP contribution in [0.4, 0.5) is 4.79 Å². The molecule has 2 heterocycles. The number of amides is 1. The number of carbonyl (C=O) groups excluding carboxylic acids is 1. The molecule has 4 nitrogen and oxygen atoms in total. The van der Waals surface area contributed by atoms with Crippen molar-refractivity contribution >= 4 is 6.09 Å². The number of hydrogen-bond acceptors (Lipinski definition) is 3. The third kappa shape index (κ3) is 1.27. The van der Waals surface area contributed by atoms with E-state index < -0.39 is 0 Å². The monoisotopic (exact) mass is 170 g/mol. The van der Waals surface area contributed by atoms with E-state index in [0.29, 0.717) is 5.92 Å². The molecule has 2 atom stereocenters. The fourth-order valence-electron chi connectivity index (χ4n) is 1.84. The summed E-state index contributed by atoms with van der Waals surface area (Å²) >= 11 is 0. The van der Waals surface area contributed by atoms with Crippen LogP contribution in [0.15, 0.2) is 0 Å². The second-order valence-corrected chi connectivity index (χ2v) is 3.56. The van der Waals surface area contributed by atoms with Crippen LogP contribution in [0, 0.1) is 5.92 Å². The minimum Gasteiger partial charge on any atom is -0.444 e. The van der Waals surface area contributed by atoms with Crippen molar-refractivity contribution in [3.63, 3.8) is 0 Å². The molecular weight excluding hydrogens is 156 g/mol. The highest BCUT2D eigenvalue weighted by Gasteiger charge is 2.35. The van der Waals surface area contributed by atoms with Crippen LogP contribution in [0.25, 0.3) is 0 Å². The molecule has 2 saturated heterocycles. The van der Waals surface area contributed by atoms with E-state index in [-0.39, 0.29) is 12.2 Å². The Hall–Kier alpha value is -0.770. The first kappa shape index (κ1) is 7.86. The van der Waals surface area contributed by atoms with Gasteiger partial charge < -0.3 is 15.0 Å². The Morgan fingerprint density at radius 1 is 1.67 bits per heavy atom. The molecule has 4 heteroatoms. The molecule has 0 aromatic carbocycles. The molecule has 1 amide bonds. The minimum atomic E-state index is -0.174. The summed E-state index contributed by atoms with van der Waals surface area (Å²) in [5, 5.41) is 3.27. The fraction of sp³-hybridized carbons (Fsp3) is 0.875. The topological polar surface area (TPSA) is 41.6 Å². The fourth-order valence-corrected chi connectivity index (χ4v) is 1.84. The smallest absolute Gasteiger partial charge is 0.409 e. The summed E-state index contributed by atoms with van der Waals surface area (Å²) in [6.07, 6.45) is 1.08. The number of nitrogens with zero attached hydrogens (tertiary/aromatic N) is 1. The van der Waals surface area contributed by atoms with Gasteiger partial charge in [0.2, 0.25) is 0 Å². The quantitative estimate of drug-likeness (QED) is 0.604. The van der Waals surface area contributed by atoms with Crippen molar-refractivity contribution in [2.24, 2.45) is 5.92 Å². The third-order valence-electron chi connectivity index (χ3n) is 2.64. The standard InChI is InChI=1S/C8H14N2O2/c1-10-5-7(12-8(10)11)6-2-3-9-4-6/h6-7,9H,2-5H2,1H3. The number of carbonyl (C=O) groups is 1. The van der Waals surface area contributed by atoms with Gasteiger partial charge in [-0.15, -0.1) is 0 Å². The Bertz CT molecular complexity index is 189. The van der Waals surface area contributed by atoms with E-state index in [2.05, 4.69) is 5.32 Å². The Morgan fingerprint density at radius 3 is 3.00 bits per heavy atom. The second-order valence-electron chi connectivity index (χ2n) is 3.56. The van der Waals surface area contributed by atoms with Crippen LogP contribution >= 0.6 is 0 Å². The predicted molar refractivity (Wildman–Crippen MR) is 43.9 cm³/mol. The molecule has 1 N–H and O–H groups in total. The number of likely N-dealkylation sites (N-methyl/N-ethyl adjacent to an activating group) is 1. The van der Waals surface area contributed by atoms with Gasteiger partial charge in [-0.05, 0) is 13.0 Å². The van der Waals surface area contributed by atoms with E-state index in [1.165, 1.54) is 0 Å². The van der Waals surface area contributed by atoms with E-state index in [1.54, 1.807) is 11.9 Å². The van der Waals surface area contributed by atoms with Crippen molar-refractivity contribution < 1.29 is 9.53 Å². The molecule has 0 radical (unpaired) electrons. The molecule has 0 bridgehead atoms. The summed E-state index contributed by atoms with van der Waals surface area (Å²) in [5.74, 6) is 0.527. The highest BCUT2D eigenvalue weighted by molar-refractivity contribution is 5.69. The molecule has 68 valence electrons. The molecule has 0 aromatic heterocycles. The Labute approximate surface area is 71.9 Å². The average Bonchev–Trinajstić information content (AvgIpc) is 2.61.